The van der Waals surface area contributed by atoms with E-state index in [9.17, 15) is 19.5 Å². The van der Waals surface area contributed by atoms with Crippen molar-refractivity contribution in [2.75, 3.05) is 26.3 Å². The molecule has 3 aromatic carbocycles. The Morgan fingerprint density at radius 2 is 1.36 bits per heavy atom. The zero-order valence-electron chi connectivity index (χ0n) is 28.8. The van der Waals surface area contributed by atoms with Crippen molar-refractivity contribution in [1.82, 2.24) is 20.2 Å². The summed E-state index contributed by atoms with van der Waals surface area (Å²) >= 11 is 0. The number of carboxylic acids is 1. The number of nitrogens with one attached hydrogen (secondary N) is 1. The summed E-state index contributed by atoms with van der Waals surface area (Å²) in [4.78, 5) is 48.7. The quantitative estimate of drug-likeness (QED) is 0.110. The second-order valence-electron chi connectivity index (χ2n) is 12.7. The minimum Gasteiger partial charge on any atom is -0.494 e. The van der Waals surface area contributed by atoms with Gasteiger partial charge in [0, 0.05) is 48.6 Å². The Bertz CT molecular complexity index is 1690. The summed E-state index contributed by atoms with van der Waals surface area (Å²) in [6.45, 7) is 5.77. The number of unbranched alkanes of at least 4 members (excludes halogenated alkanes) is 4. The molecule has 2 heterocycles. The van der Waals surface area contributed by atoms with Gasteiger partial charge in [0.25, 0.3) is 5.91 Å². The smallest absolute Gasteiger partial charge is 0.310 e. The first-order chi connectivity index (χ1) is 24.3. The average molecular weight is 679 g/mol. The second kappa shape index (κ2) is 17.9. The molecule has 1 aliphatic rings. The lowest BCUT2D eigenvalue weighted by molar-refractivity contribution is -0.153. The van der Waals surface area contributed by atoms with Crippen molar-refractivity contribution in [1.29, 1.82) is 0 Å². The topological polar surface area (TPSA) is 131 Å². The molecule has 262 valence electrons. The molecule has 0 spiro atoms. The molecule has 0 aliphatic carbocycles. The fourth-order valence-electron chi connectivity index (χ4n) is 5.69. The molecule has 0 radical (unpaired) electrons. The van der Waals surface area contributed by atoms with Crippen LogP contribution in [0.15, 0.2) is 85.2 Å². The second-order valence-corrected chi connectivity index (χ2v) is 12.7. The number of aromatic nitrogens is 2. The molecule has 4 aromatic rings. The van der Waals surface area contributed by atoms with Crippen molar-refractivity contribution in [3.05, 3.63) is 96.3 Å². The van der Waals surface area contributed by atoms with Gasteiger partial charge in [0.2, 0.25) is 5.91 Å². The Balaban J connectivity index is 1.20. The van der Waals surface area contributed by atoms with Gasteiger partial charge in [-0.25, -0.2) is 9.97 Å². The lowest BCUT2D eigenvalue weighted by Crippen LogP contribution is -2.59. The summed E-state index contributed by atoms with van der Waals surface area (Å²) in [6, 6.07) is 21.4. The fraction of sp³-hybridized carbons (Fsp3) is 0.375. The van der Waals surface area contributed by atoms with Crippen LogP contribution in [0.2, 0.25) is 0 Å². The third-order valence-electron chi connectivity index (χ3n) is 8.74. The number of amides is 2. The molecular formula is C40H46N4O6. The van der Waals surface area contributed by atoms with Crippen molar-refractivity contribution in [2.45, 2.75) is 64.8 Å². The van der Waals surface area contributed by atoms with Crippen LogP contribution in [0.25, 0.3) is 22.5 Å². The SMILES string of the molecule is CCCCCCCOc1ccc(-c2cnc(-c3ccc(C[C@H](NC(=O)c4ccc(OCCC)cc4)C(=O)N4CC(C(=O)O)C4)cc3)nc2)cc1. The highest BCUT2D eigenvalue weighted by atomic mass is 16.5. The molecule has 1 aromatic heterocycles. The van der Waals surface area contributed by atoms with Gasteiger partial charge in [-0.05, 0) is 60.4 Å². The van der Waals surface area contributed by atoms with Crippen molar-refractivity contribution in [3.8, 4) is 34.0 Å². The van der Waals surface area contributed by atoms with Crippen LogP contribution in [0, 0.1) is 5.92 Å². The van der Waals surface area contributed by atoms with Gasteiger partial charge >= 0.3 is 5.97 Å². The Morgan fingerprint density at radius 1 is 0.760 bits per heavy atom. The number of ether oxygens (including phenoxy) is 2. The number of rotatable bonds is 18. The molecule has 2 amide bonds. The van der Waals surface area contributed by atoms with Crippen molar-refractivity contribution in [3.63, 3.8) is 0 Å². The van der Waals surface area contributed by atoms with E-state index in [1.165, 1.54) is 30.6 Å². The number of aliphatic carboxylic acids is 1. The van der Waals surface area contributed by atoms with Crippen LogP contribution in [0.3, 0.4) is 0 Å². The fourth-order valence-corrected chi connectivity index (χ4v) is 5.69. The number of hydrogen-bond donors (Lipinski definition) is 2. The molecule has 1 aliphatic heterocycles. The molecule has 1 atom stereocenters. The zero-order chi connectivity index (χ0) is 35.3. The predicted molar refractivity (Wildman–Crippen MR) is 192 cm³/mol. The van der Waals surface area contributed by atoms with Crippen LogP contribution in [-0.4, -0.2) is 70.1 Å². The third kappa shape index (κ3) is 9.90. The largest absolute Gasteiger partial charge is 0.494 e. The van der Waals surface area contributed by atoms with Crippen LogP contribution < -0.4 is 14.8 Å². The minimum absolute atomic E-state index is 0.118. The summed E-state index contributed by atoms with van der Waals surface area (Å²) in [6.07, 6.45) is 10.7. The molecule has 10 nitrogen and oxygen atoms in total. The van der Waals surface area contributed by atoms with E-state index in [1.807, 2.05) is 55.5 Å². The van der Waals surface area contributed by atoms with Gasteiger partial charge in [0.1, 0.15) is 17.5 Å². The number of carboxylic acid groups (broad SMARTS) is 1. The minimum atomic E-state index is -0.933. The Labute approximate surface area is 293 Å². The molecule has 0 unspecified atom stereocenters. The van der Waals surface area contributed by atoms with Gasteiger partial charge in [0.05, 0.1) is 19.1 Å². The number of carbonyl (C=O) groups excluding carboxylic acids is 2. The van der Waals surface area contributed by atoms with Gasteiger partial charge in [-0.15, -0.1) is 0 Å². The number of benzene rings is 3. The molecule has 10 heteroatoms. The maximum Gasteiger partial charge on any atom is 0.310 e. The van der Waals surface area contributed by atoms with Gasteiger partial charge in [-0.2, -0.15) is 0 Å². The summed E-state index contributed by atoms with van der Waals surface area (Å²) < 4.78 is 11.5. The van der Waals surface area contributed by atoms with Gasteiger partial charge < -0.3 is 24.8 Å². The third-order valence-corrected chi connectivity index (χ3v) is 8.74. The summed E-state index contributed by atoms with van der Waals surface area (Å²) in [7, 11) is 0. The van der Waals surface area contributed by atoms with Gasteiger partial charge in [-0.1, -0.05) is 75.9 Å². The van der Waals surface area contributed by atoms with Crippen LogP contribution in [0.4, 0.5) is 0 Å². The van der Waals surface area contributed by atoms with E-state index in [1.54, 1.807) is 36.7 Å². The highest BCUT2D eigenvalue weighted by Crippen LogP contribution is 2.24. The molecular weight excluding hydrogens is 632 g/mol. The Hall–Kier alpha value is -5.25. The van der Waals surface area contributed by atoms with Crippen LogP contribution in [0.1, 0.15) is 68.3 Å². The summed E-state index contributed by atoms with van der Waals surface area (Å²) in [5, 5.41) is 12.2. The summed E-state index contributed by atoms with van der Waals surface area (Å²) in [5.41, 5.74) is 3.93. The molecule has 5 rings (SSSR count). The number of hydrogen-bond acceptors (Lipinski definition) is 7. The summed E-state index contributed by atoms with van der Waals surface area (Å²) in [5.74, 6) is -0.160. The monoisotopic (exact) mass is 678 g/mol. The van der Waals surface area contributed by atoms with Crippen LogP contribution in [0.5, 0.6) is 11.5 Å². The van der Waals surface area contributed by atoms with Crippen LogP contribution in [-0.2, 0) is 16.0 Å². The van der Waals surface area contributed by atoms with Crippen LogP contribution >= 0.6 is 0 Å². The van der Waals surface area contributed by atoms with E-state index in [0.29, 0.717) is 23.7 Å². The van der Waals surface area contributed by atoms with E-state index in [4.69, 9.17) is 9.47 Å². The lowest BCUT2D eigenvalue weighted by atomic mass is 9.96. The predicted octanol–water partition coefficient (Wildman–Crippen LogP) is 6.83. The van der Waals surface area contributed by atoms with Gasteiger partial charge in [0.15, 0.2) is 5.82 Å². The molecule has 2 N–H and O–H groups in total. The average Bonchev–Trinajstić information content (AvgIpc) is 3.12. The highest BCUT2D eigenvalue weighted by Gasteiger charge is 2.38. The van der Waals surface area contributed by atoms with E-state index in [2.05, 4.69) is 22.2 Å². The van der Waals surface area contributed by atoms with E-state index in [-0.39, 0.29) is 25.4 Å². The maximum atomic E-state index is 13.5. The number of carbonyl (C=O) groups is 3. The first-order valence-corrected chi connectivity index (χ1v) is 17.5. The van der Waals surface area contributed by atoms with E-state index >= 15 is 0 Å². The Morgan fingerprint density at radius 3 is 1.98 bits per heavy atom. The first-order valence-electron chi connectivity index (χ1n) is 17.5. The van der Waals surface area contributed by atoms with E-state index in [0.717, 1.165) is 47.5 Å². The maximum absolute atomic E-state index is 13.5. The molecule has 50 heavy (non-hydrogen) atoms. The van der Waals surface area contributed by atoms with Crippen molar-refractivity contribution < 1.29 is 29.0 Å². The van der Waals surface area contributed by atoms with Gasteiger partial charge in [-0.3, -0.25) is 14.4 Å². The first kappa shape index (κ1) is 36.0. The number of nitrogens with zero attached hydrogens (tertiary/aromatic N) is 3. The standard InChI is InChI=1S/C40H46N4O6/c1-3-5-6-7-8-22-50-35-17-13-29(14-18-35)32-24-41-37(42-25-32)30-11-9-28(10-12-30)23-36(39(46)44-26-33(27-44)40(47)48)43-38(45)31-15-19-34(20-16-31)49-21-4-2/h9-20,24-25,33,36H,3-8,21-23,26-27H2,1-2H3,(H,43,45)(H,47,48)/t36-/m0/s1. The van der Waals surface area contributed by atoms with Crippen molar-refractivity contribution in [2.24, 2.45) is 5.92 Å². The molecule has 0 saturated carbocycles. The molecule has 1 fully saturated rings. The Kier molecular flexibility index (Phi) is 12.9. The molecule has 1 saturated heterocycles. The zero-order valence-corrected chi connectivity index (χ0v) is 28.8. The molecule has 0 bridgehead atoms. The number of likely N-dealkylation sites (tertiary alicyclic amines) is 1. The highest BCUT2D eigenvalue weighted by molar-refractivity contribution is 5.98. The van der Waals surface area contributed by atoms with E-state index < -0.39 is 23.8 Å². The lowest BCUT2D eigenvalue weighted by Gasteiger charge is -2.39. The van der Waals surface area contributed by atoms with Crippen molar-refractivity contribution >= 4 is 17.8 Å². The normalized spacial score (nSPS) is 13.3.